The van der Waals surface area contributed by atoms with Crippen molar-refractivity contribution in [3.8, 4) is 5.75 Å². The lowest BCUT2D eigenvalue weighted by molar-refractivity contribution is 0.0686. The maximum atomic E-state index is 14.1. The molecule has 0 bridgehead atoms. The Kier molecular flexibility index (Phi) is 4.33. The molecule has 0 fully saturated rings. The van der Waals surface area contributed by atoms with Crippen molar-refractivity contribution in [2.45, 2.75) is 13.5 Å². The Hall–Kier alpha value is -2.69. The van der Waals surface area contributed by atoms with Crippen LogP contribution in [0.3, 0.4) is 0 Å². The minimum Gasteiger partial charge on any atom is -0.488 e. The van der Waals surface area contributed by atoms with Gasteiger partial charge in [-0.3, -0.25) is 4.79 Å². The van der Waals surface area contributed by atoms with Crippen LogP contribution in [0, 0.1) is 5.82 Å². The first-order valence-electron chi connectivity index (χ1n) is 6.24. The highest BCUT2D eigenvalue weighted by Crippen LogP contribution is 2.26. The molecule has 2 rings (SSSR count). The minimum absolute atomic E-state index is 0.103. The molecule has 0 atom stereocenters. The molecule has 0 heterocycles. The van der Waals surface area contributed by atoms with E-state index in [0.29, 0.717) is 0 Å². The highest BCUT2D eigenvalue weighted by molar-refractivity contribution is 5.99. The Labute approximate surface area is 120 Å². The van der Waals surface area contributed by atoms with Gasteiger partial charge in [0.05, 0.1) is 5.56 Å². The van der Waals surface area contributed by atoms with Crippen LogP contribution in [-0.2, 0) is 6.61 Å². The smallest absolute Gasteiger partial charge is 0.342 e. The van der Waals surface area contributed by atoms with E-state index in [9.17, 15) is 14.0 Å². The first kappa shape index (κ1) is 14.7. The summed E-state index contributed by atoms with van der Waals surface area (Å²) in [6, 6.07) is 11.6. The molecule has 1 N–H and O–H groups in total. The lowest BCUT2D eigenvalue weighted by Gasteiger charge is -2.11. The maximum Gasteiger partial charge on any atom is 0.342 e. The molecule has 0 aliphatic rings. The third kappa shape index (κ3) is 3.25. The zero-order valence-corrected chi connectivity index (χ0v) is 11.3. The summed E-state index contributed by atoms with van der Waals surface area (Å²) >= 11 is 0. The molecule has 0 saturated heterocycles. The van der Waals surface area contributed by atoms with E-state index in [2.05, 4.69) is 0 Å². The molecule has 0 amide bonds. The monoisotopic (exact) mass is 288 g/mol. The number of halogens is 1. The average molecular weight is 288 g/mol. The van der Waals surface area contributed by atoms with Gasteiger partial charge < -0.3 is 9.84 Å². The number of Topliss-reactive ketones (excluding diaryl/α,β-unsaturated/α-hetero) is 1. The van der Waals surface area contributed by atoms with Crippen molar-refractivity contribution >= 4 is 11.8 Å². The number of carbonyl (C=O) groups is 2. The van der Waals surface area contributed by atoms with Crippen molar-refractivity contribution in [1.82, 2.24) is 0 Å². The van der Waals surface area contributed by atoms with E-state index in [1.165, 1.54) is 19.1 Å². The molecule has 0 spiro atoms. The Balaban J connectivity index is 2.33. The van der Waals surface area contributed by atoms with Gasteiger partial charge in [-0.05, 0) is 24.6 Å². The number of aromatic carboxylic acids is 1. The van der Waals surface area contributed by atoms with Gasteiger partial charge >= 0.3 is 5.97 Å². The number of hydrogen-bond acceptors (Lipinski definition) is 3. The van der Waals surface area contributed by atoms with Crippen LogP contribution in [0.25, 0.3) is 0 Å². The fraction of sp³-hybridized carbons (Fsp3) is 0.125. The van der Waals surface area contributed by atoms with Crippen LogP contribution in [0.1, 0.15) is 33.2 Å². The van der Waals surface area contributed by atoms with Crippen molar-refractivity contribution in [2.24, 2.45) is 0 Å². The van der Waals surface area contributed by atoms with Crippen LogP contribution in [0.5, 0.6) is 5.75 Å². The van der Waals surface area contributed by atoms with Crippen molar-refractivity contribution in [2.75, 3.05) is 0 Å². The highest BCUT2D eigenvalue weighted by Gasteiger charge is 2.22. The van der Waals surface area contributed by atoms with Gasteiger partial charge in [0.25, 0.3) is 0 Å². The molecule has 21 heavy (non-hydrogen) atoms. The van der Waals surface area contributed by atoms with E-state index in [0.717, 1.165) is 5.56 Å². The van der Waals surface area contributed by atoms with Gasteiger partial charge in [-0.15, -0.1) is 0 Å². The number of carbonyl (C=O) groups excluding carboxylic acids is 1. The predicted octanol–water partition coefficient (Wildman–Crippen LogP) is 3.31. The molecule has 0 aromatic heterocycles. The van der Waals surface area contributed by atoms with Crippen LogP contribution in [0.15, 0.2) is 42.5 Å². The maximum absolute atomic E-state index is 14.1. The summed E-state index contributed by atoms with van der Waals surface area (Å²) in [5.74, 6) is -3.18. The number of benzene rings is 2. The second kappa shape index (κ2) is 6.17. The van der Waals surface area contributed by atoms with E-state index in [1.54, 1.807) is 12.1 Å². The van der Waals surface area contributed by atoms with Crippen molar-refractivity contribution in [3.63, 3.8) is 0 Å². The SMILES string of the molecule is CC(=O)c1ccc(OCc2ccccc2)c(C(=O)O)c1F. The van der Waals surface area contributed by atoms with Crippen molar-refractivity contribution in [1.29, 1.82) is 0 Å². The second-order valence-corrected chi connectivity index (χ2v) is 4.44. The molecular weight excluding hydrogens is 275 g/mol. The zero-order valence-electron chi connectivity index (χ0n) is 11.3. The van der Waals surface area contributed by atoms with Gasteiger partial charge in [-0.25, -0.2) is 9.18 Å². The third-order valence-electron chi connectivity index (χ3n) is 2.93. The van der Waals surface area contributed by atoms with Crippen molar-refractivity contribution < 1.29 is 23.8 Å². The number of carboxylic acids is 1. The zero-order chi connectivity index (χ0) is 15.4. The molecule has 2 aromatic rings. The topological polar surface area (TPSA) is 63.6 Å². The number of ether oxygens (including phenoxy) is 1. The van der Waals surface area contributed by atoms with Crippen LogP contribution < -0.4 is 4.74 Å². The molecule has 0 radical (unpaired) electrons. The summed E-state index contributed by atoms with van der Waals surface area (Å²) < 4.78 is 19.4. The first-order valence-corrected chi connectivity index (χ1v) is 6.24. The Morgan fingerprint density at radius 2 is 1.81 bits per heavy atom. The molecule has 0 saturated carbocycles. The summed E-state index contributed by atoms with van der Waals surface area (Å²) in [5, 5.41) is 9.12. The van der Waals surface area contributed by atoms with Gasteiger partial charge in [-0.1, -0.05) is 30.3 Å². The fourth-order valence-electron chi connectivity index (χ4n) is 1.89. The standard InChI is InChI=1S/C16H13FO4/c1-10(18)12-7-8-13(14(15(12)17)16(19)20)21-9-11-5-3-2-4-6-11/h2-8H,9H2,1H3,(H,19,20). The largest absolute Gasteiger partial charge is 0.488 e. The number of carboxylic acid groups (broad SMARTS) is 1. The van der Waals surface area contributed by atoms with E-state index in [1.807, 2.05) is 18.2 Å². The van der Waals surface area contributed by atoms with Crippen molar-refractivity contribution in [3.05, 3.63) is 65.0 Å². The molecule has 108 valence electrons. The highest BCUT2D eigenvalue weighted by atomic mass is 19.1. The Morgan fingerprint density at radius 3 is 2.38 bits per heavy atom. The van der Waals surface area contributed by atoms with E-state index >= 15 is 0 Å². The molecule has 5 heteroatoms. The Morgan fingerprint density at radius 1 is 1.14 bits per heavy atom. The summed E-state index contributed by atoms with van der Waals surface area (Å²) in [6.07, 6.45) is 0. The molecular formula is C16H13FO4. The number of ketones is 1. The lowest BCUT2D eigenvalue weighted by Crippen LogP contribution is -2.10. The fourth-order valence-corrected chi connectivity index (χ4v) is 1.89. The quantitative estimate of drug-likeness (QED) is 0.857. The van der Waals surface area contributed by atoms with Crippen LogP contribution in [-0.4, -0.2) is 16.9 Å². The predicted molar refractivity (Wildman–Crippen MR) is 74.1 cm³/mol. The first-order chi connectivity index (χ1) is 10.0. The molecule has 4 nitrogen and oxygen atoms in total. The lowest BCUT2D eigenvalue weighted by atomic mass is 10.1. The Bertz CT molecular complexity index is 680. The normalized spacial score (nSPS) is 10.2. The van der Waals surface area contributed by atoms with E-state index in [-0.39, 0.29) is 17.9 Å². The molecule has 0 aliphatic heterocycles. The molecule has 0 aliphatic carbocycles. The number of rotatable bonds is 5. The number of hydrogen-bond donors (Lipinski definition) is 1. The van der Waals surface area contributed by atoms with Gasteiger partial charge in [0.1, 0.15) is 17.9 Å². The van der Waals surface area contributed by atoms with Crippen LogP contribution in [0.2, 0.25) is 0 Å². The second-order valence-electron chi connectivity index (χ2n) is 4.44. The third-order valence-corrected chi connectivity index (χ3v) is 2.93. The summed E-state index contributed by atoms with van der Waals surface area (Å²) in [4.78, 5) is 22.5. The average Bonchev–Trinajstić information content (AvgIpc) is 2.45. The van der Waals surface area contributed by atoms with Crippen LogP contribution in [0.4, 0.5) is 4.39 Å². The van der Waals surface area contributed by atoms with E-state index in [4.69, 9.17) is 9.84 Å². The summed E-state index contributed by atoms with van der Waals surface area (Å²) in [5.41, 5.74) is -0.0667. The van der Waals surface area contributed by atoms with Gasteiger partial charge in [-0.2, -0.15) is 0 Å². The van der Waals surface area contributed by atoms with Gasteiger partial charge in [0.2, 0.25) is 0 Å². The minimum atomic E-state index is -1.47. The summed E-state index contributed by atoms with van der Waals surface area (Å²) in [6.45, 7) is 1.29. The summed E-state index contributed by atoms with van der Waals surface area (Å²) in [7, 11) is 0. The van der Waals surface area contributed by atoms with Crippen LogP contribution >= 0.6 is 0 Å². The van der Waals surface area contributed by atoms with E-state index < -0.39 is 23.1 Å². The van der Waals surface area contributed by atoms with Gasteiger partial charge in [0.15, 0.2) is 11.6 Å². The van der Waals surface area contributed by atoms with Gasteiger partial charge in [0, 0.05) is 0 Å². The molecule has 2 aromatic carbocycles. The molecule has 0 unspecified atom stereocenters.